The molecule has 0 saturated heterocycles. The SMILES string of the molecule is O=C(COC(=O)COc1ccc(C(=O)c2ccccc2)cc1)NC12CC3CC(CC(C3)C1)C2. The lowest BCUT2D eigenvalue weighted by molar-refractivity contribution is -0.151. The molecule has 0 spiro atoms. The molecule has 6 heteroatoms. The van der Waals surface area contributed by atoms with Gasteiger partial charge in [-0.1, -0.05) is 30.3 Å². The van der Waals surface area contributed by atoms with Crippen LogP contribution in [-0.2, 0) is 14.3 Å². The zero-order chi connectivity index (χ0) is 22.8. The van der Waals surface area contributed by atoms with Crippen molar-refractivity contribution >= 4 is 17.7 Å². The molecule has 4 fully saturated rings. The lowest BCUT2D eigenvalue weighted by Gasteiger charge is -2.56. The summed E-state index contributed by atoms with van der Waals surface area (Å²) < 4.78 is 10.6. The van der Waals surface area contributed by atoms with Crippen molar-refractivity contribution in [3.63, 3.8) is 0 Å². The number of esters is 1. The number of ketones is 1. The van der Waals surface area contributed by atoms with Gasteiger partial charge in [0.1, 0.15) is 5.75 Å². The average molecular weight is 448 g/mol. The molecular formula is C27H29NO5. The first-order chi connectivity index (χ1) is 16.0. The summed E-state index contributed by atoms with van der Waals surface area (Å²) in [5.41, 5.74) is 1.06. The molecule has 0 aliphatic heterocycles. The van der Waals surface area contributed by atoms with Crippen molar-refractivity contribution in [1.29, 1.82) is 0 Å². The van der Waals surface area contributed by atoms with Crippen LogP contribution in [0.25, 0.3) is 0 Å². The summed E-state index contributed by atoms with van der Waals surface area (Å²) in [7, 11) is 0. The van der Waals surface area contributed by atoms with Gasteiger partial charge in [-0.15, -0.1) is 0 Å². The Morgan fingerprint density at radius 1 is 0.788 bits per heavy atom. The molecule has 2 aromatic rings. The van der Waals surface area contributed by atoms with Gasteiger partial charge in [0, 0.05) is 16.7 Å². The van der Waals surface area contributed by atoms with Crippen molar-refractivity contribution in [3.8, 4) is 5.75 Å². The lowest BCUT2D eigenvalue weighted by Crippen LogP contribution is -2.60. The number of ether oxygens (including phenoxy) is 2. The number of hydrogen-bond donors (Lipinski definition) is 1. The average Bonchev–Trinajstić information content (AvgIpc) is 2.81. The molecule has 4 aliphatic rings. The minimum Gasteiger partial charge on any atom is -0.482 e. The van der Waals surface area contributed by atoms with Gasteiger partial charge in [-0.3, -0.25) is 9.59 Å². The van der Waals surface area contributed by atoms with E-state index in [1.54, 1.807) is 36.4 Å². The minimum atomic E-state index is -0.597. The molecule has 0 heterocycles. The van der Waals surface area contributed by atoms with Gasteiger partial charge in [0.25, 0.3) is 5.91 Å². The zero-order valence-electron chi connectivity index (χ0n) is 18.6. The number of amides is 1. The summed E-state index contributed by atoms with van der Waals surface area (Å²) in [5.74, 6) is 1.76. The fourth-order valence-electron chi connectivity index (χ4n) is 6.38. The third-order valence-corrected chi connectivity index (χ3v) is 7.32. The van der Waals surface area contributed by atoms with Crippen LogP contribution in [0.2, 0.25) is 0 Å². The van der Waals surface area contributed by atoms with Crippen molar-refractivity contribution in [1.82, 2.24) is 5.32 Å². The highest BCUT2D eigenvalue weighted by atomic mass is 16.6. The quantitative estimate of drug-likeness (QED) is 0.490. The Hall–Kier alpha value is -3.15. The highest BCUT2D eigenvalue weighted by molar-refractivity contribution is 6.09. The van der Waals surface area contributed by atoms with E-state index >= 15 is 0 Å². The molecule has 6 rings (SSSR count). The highest BCUT2D eigenvalue weighted by Crippen LogP contribution is 2.55. The van der Waals surface area contributed by atoms with E-state index in [0.717, 1.165) is 37.0 Å². The van der Waals surface area contributed by atoms with Crippen LogP contribution in [0.4, 0.5) is 0 Å². The molecule has 2 aromatic carbocycles. The maximum atomic E-state index is 12.5. The van der Waals surface area contributed by atoms with Gasteiger partial charge >= 0.3 is 5.97 Å². The van der Waals surface area contributed by atoms with Gasteiger partial charge < -0.3 is 14.8 Å². The van der Waals surface area contributed by atoms with Crippen LogP contribution in [0.15, 0.2) is 54.6 Å². The normalized spacial score (nSPS) is 27.1. The van der Waals surface area contributed by atoms with Crippen LogP contribution in [0.5, 0.6) is 5.75 Å². The van der Waals surface area contributed by atoms with Crippen molar-refractivity contribution < 1.29 is 23.9 Å². The first kappa shape index (κ1) is 21.7. The molecule has 172 valence electrons. The summed E-state index contributed by atoms with van der Waals surface area (Å²) in [6.07, 6.45) is 7.11. The van der Waals surface area contributed by atoms with Crippen molar-refractivity contribution in [2.24, 2.45) is 17.8 Å². The molecule has 0 atom stereocenters. The lowest BCUT2D eigenvalue weighted by atomic mass is 9.53. The molecule has 6 nitrogen and oxygen atoms in total. The summed E-state index contributed by atoms with van der Waals surface area (Å²) in [6.45, 7) is -0.578. The van der Waals surface area contributed by atoms with Gasteiger partial charge in [0.15, 0.2) is 19.0 Å². The maximum absolute atomic E-state index is 12.5. The molecule has 1 amide bonds. The second-order valence-corrected chi connectivity index (χ2v) is 9.91. The molecule has 1 N–H and O–H groups in total. The number of hydrogen-bond acceptors (Lipinski definition) is 5. The first-order valence-corrected chi connectivity index (χ1v) is 11.8. The highest BCUT2D eigenvalue weighted by Gasteiger charge is 2.51. The summed E-state index contributed by atoms with van der Waals surface area (Å²) in [4.78, 5) is 37.0. The Labute approximate surface area is 193 Å². The van der Waals surface area contributed by atoms with Crippen LogP contribution in [0.3, 0.4) is 0 Å². The van der Waals surface area contributed by atoms with Crippen LogP contribution >= 0.6 is 0 Å². The molecule has 4 saturated carbocycles. The predicted molar refractivity (Wildman–Crippen MR) is 122 cm³/mol. The molecule has 4 aliphatic carbocycles. The van der Waals surface area contributed by atoms with E-state index in [-0.39, 0.29) is 30.4 Å². The van der Waals surface area contributed by atoms with Crippen LogP contribution in [0.1, 0.15) is 54.4 Å². The Morgan fingerprint density at radius 3 is 1.97 bits per heavy atom. The third-order valence-electron chi connectivity index (χ3n) is 7.32. The topological polar surface area (TPSA) is 81.7 Å². The van der Waals surface area contributed by atoms with Gasteiger partial charge in [-0.05, 0) is 80.5 Å². The van der Waals surface area contributed by atoms with Crippen molar-refractivity contribution in [2.45, 2.75) is 44.1 Å². The van der Waals surface area contributed by atoms with Crippen LogP contribution < -0.4 is 10.1 Å². The van der Waals surface area contributed by atoms with E-state index in [1.807, 2.05) is 18.2 Å². The standard InChI is InChI=1S/C27H29NO5/c29-24(28-27-13-18-10-19(14-27)12-20(11-18)15-27)16-33-25(30)17-32-23-8-6-22(7-9-23)26(31)21-4-2-1-3-5-21/h1-9,18-20H,10-17H2,(H,28,29). The molecule has 0 aromatic heterocycles. The number of carbonyl (C=O) groups excluding carboxylic acids is 3. The Bertz CT molecular complexity index is 995. The summed E-state index contributed by atoms with van der Waals surface area (Å²) >= 11 is 0. The molecule has 33 heavy (non-hydrogen) atoms. The Morgan fingerprint density at radius 2 is 1.36 bits per heavy atom. The molecule has 4 bridgehead atoms. The maximum Gasteiger partial charge on any atom is 0.344 e. The summed E-state index contributed by atoms with van der Waals surface area (Å²) in [5, 5.41) is 3.20. The van der Waals surface area contributed by atoms with Gasteiger partial charge in [-0.25, -0.2) is 4.79 Å². The summed E-state index contributed by atoms with van der Waals surface area (Å²) in [6, 6.07) is 15.6. The van der Waals surface area contributed by atoms with E-state index in [2.05, 4.69) is 5.32 Å². The molecular weight excluding hydrogens is 418 g/mol. The largest absolute Gasteiger partial charge is 0.482 e. The Balaban J connectivity index is 1.06. The van der Waals surface area contributed by atoms with Crippen molar-refractivity contribution in [2.75, 3.05) is 13.2 Å². The first-order valence-electron chi connectivity index (χ1n) is 11.8. The van der Waals surface area contributed by atoms with Gasteiger partial charge in [0.05, 0.1) is 0 Å². The smallest absolute Gasteiger partial charge is 0.344 e. The van der Waals surface area contributed by atoms with Crippen LogP contribution in [0, 0.1) is 17.8 Å². The number of nitrogens with one attached hydrogen (secondary N) is 1. The van der Waals surface area contributed by atoms with E-state index in [4.69, 9.17) is 9.47 Å². The second kappa shape index (κ2) is 9.00. The monoisotopic (exact) mass is 447 g/mol. The molecule has 0 radical (unpaired) electrons. The minimum absolute atomic E-state index is 0.0772. The Kier molecular flexibility index (Phi) is 5.92. The number of carbonyl (C=O) groups is 3. The predicted octanol–water partition coefficient (Wildman–Crippen LogP) is 3.92. The third kappa shape index (κ3) is 4.95. The van der Waals surface area contributed by atoms with E-state index < -0.39 is 5.97 Å². The fraction of sp³-hybridized carbons (Fsp3) is 0.444. The number of rotatable bonds is 8. The molecule has 0 unspecified atom stereocenters. The fourth-order valence-corrected chi connectivity index (χ4v) is 6.38. The van der Waals surface area contributed by atoms with E-state index in [1.165, 1.54) is 19.3 Å². The van der Waals surface area contributed by atoms with Gasteiger partial charge in [0.2, 0.25) is 0 Å². The number of benzene rings is 2. The van der Waals surface area contributed by atoms with E-state index in [0.29, 0.717) is 16.9 Å². The zero-order valence-corrected chi connectivity index (χ0v) is 18.6. The van der Waals surface area contributed by atoms with E-state index in [9.17, 15) is 14.4 Å². The van der Waals surface area contributed by atoms with Crippen LogP contribution in [-0.4, -0.2) is 36.4 Å². The van der Waals surface area contributed by atoms with Crippen molar-refractivity contribution in [3.05, 3.63) is 65.7 Å². The second-order valence-electron chi connectivity index (χ2n) is 9.91. The van der Waals surface area contributed by atoms with Gasteiger partial charge in [-0.2, -0.15) is 0 Å².